The first-order valence-corrected chi connectivity index (χ1v) is 20.2. The van der Waals surface area contributed by atoms with Gasteiger partial charge in [-0.3, -0.25) is 0 Å². The first-order valence-electron chi connectivity index (χ1n) is 20.2. The molecule has 0 amide bonds. The molecule has 60 heavy (non-hydrogen) atoms. The van der Waals surface area contributed by atoms with Gasteiger partial charge in [-0.1, -0.05) is 194 Å². The minimum Gasteiger partial charge on any atom is -0.245 e. The molecule has 0 aliphatic rings. The van der Waals surface area contributed by atoms with Crippen LogP contribution in [0.2, 0.25) is 0 Å². The maximum Gasteiger partial charge on any atom is 0.160 e. The molecule has 0 aliphatic heterocycles. The molecule has 0 fully saturated rings. The molecule has 4 nitrogen and oxygen atoms in total. The lowest BCUT2D eigenvalue weighted by atomic mass is 9.92. The third-order valence-electron chi connectivity index (χ3n) is 11.3. The molecule has 0 spiro atoms. The molecule has 3 aromatic heterocycles. The highest BCUT2D eigenvalue weighted by Gasteiger charge is 2.16. The second-order valence-electron chi connectivity index (χ2n) is 15.0. The molecule has 0 aliphatic carbocycles. The molecule has 4 heteroatoms. The first kappa shape index (κ1) is 35.1. The van der Waals surface area contributed by atoms with E-state index in [0.717, 1.165) is 94.3 Å². The third kappa shape index (κ3) is 6.56. The van der Waals surface area contributed by atoms with Crippen molar-refractivity contribution in [2.45, 2.75) is 0 Å². The van der Waals surface area contributed by atoms with Crippen molar-refractivity contribution in [2.75, 3.05) is 0 Å². The van der Waals surface area contributed by atoms with Crippen molar-refractivity contribution in [1.82, 2.24) is 19.9 Å². The molecule has 11 aromatic rings. The normalized spacial score (nSPS) is 11.3. The summed E-state index contributed by atoms with van der Waals surface area (Å²) >= 11 is 0. The Kier molecular flexibility index (Phi) is 8.79. The van der Waals surface area contributed by atoms with Crippen LogP contribution >= 0.6 is 0 Å². The Hall–Kier alpha value is -8.08. The average molecular weight is 765 g/mol. The van der Waals surface area contributed by atoms with E-state index in [4.69, 9.17) is 19.9 Å². The average Bonchev–Trinajstić information content (AvgIpc) is 3.34. The zero-order valence-corrected chi connectivity index (χ0v) is 32.6. The molecule has 3 heterocycles. The number of benzene rings is 8. The summed E-state index contributed by atoms with van der Waals surface area (Å²) in [5.41, 5.74) is 15.2. The number of rotatable bonds is 7. The number of aromatic nitrogens is 4. The summed E-state index contributed by atoms with van der Waals surface area (Å²) in [5, 5.41) is 4.43. The summed E-state index contributed by atoms with van der Waals surface area (Å²) in [6.07, 6.45) is 0. The van der Waals surface area contributed by atoms with E-state index >= 15 is 0 Å². The van der Waals surface area contributed by atoms with Crippen molar-refractivity contribution in [3.05, 3.63) is 218 Å². The predicted octanol–water partition coefficient (Wildman–Crippen LogP) is 14.4. The lowest BCUT2D eigenvalue weighted by molar-refractivity contribution is 1.18. The van der Waals surface area contributed by atoms with E-state index in [-0.39, 0.29) is 0 Å². The van der Waals surface area contributed by atoms with Crippen molar-refractivity contribution < 1.29 is 0 Å². The molecular formula is C56H36N4. The fourth-order valence-corrected chi connectivity index (χ4v) is 8.23. The van der Waals surface area contributed by atoms with E-state index < -0.39 is 0 Å². The Morgan fingerprint density at radius 1 is 0.233 bits per heavy atom. The van der Waals surface area contributed by atoms with E-state index in [1.165, 1.54) is 11.1 Å². The number of hydrogen-bond donors (Lipinski definition) is 0. The van der Waals surface area contributed by atoms with Gasteiger partial charge in [0.05, 0.1) is 33.8 Å². The second kappa shape index (κ2) is 15.0. The van der Waals surface area contributed by atoms with E-state index in [0.29, 0.717) is 5.82 Å². The van der Waals surface area contributed by atoms with Crippen LogP contribution in [-0.4, -0.2) is 19.9 Å². The van der Waals surface area contributed by atoms with Gasteiger partial charge in [-0.2, -0.15) is 0 Å². The molecule has 8 aromatic carbocycles. The highest BCUT2D eigenvalue weighted by atomic mass is 14.9. The highest BCUT2D eigenvalue weighted by Crippen LogP contribution is 2.38. The van der Waals surface area contributed by atoms with Gasteiger partial charge in [-0.25, -0.2) is 19.9 Å². The van der Waals surface area contributed by atoms with Gasteiger partial charge in [0.2, 0.25) is 0 Å². The standard InChI is InChI=1S/C56H36N4/c1-4-13-37(14-5-1)38-23-25-40(26-24-38)52-36-53(60-56(59-52)43-17-8-3-9-18-43)45-20-12-19-44(35-45)46-31-32-49(48-22-11-10-21-47(46)48)51-34-30-42-28-27-41-29-33-50(39-15-6-2-7-16-39)57-54(41)55(42)58-51/h1-36H. The molecule has 0 bridgehead atoms. The van der Waals surface area contributed by atoms with Crippen LogP contribution in [0.4, 0.5) is 0 Å². The van der Waals surface area contributed by atoms with Gasteiger partial charge in [0.1, 0.15) is 0 Å². The van der Waals surface area contributed by atoms with E-state index in [9.17, 15) is 0 Å². The van der Waals surface area contributed by atoms with Crippen molar-refractivity contribution in [3.8, 4) is 78.7 Å². The third-order valence-corrected chi connectivity index (χ3v) is 11.3. The number of pyridine rings is 2. The monoisotopic (exact) mass is 764 g/mol. The molecule has 0 N–H and O–H groups in total. The quantitative estimate of drug-likeness (QED) is 0.152. The summed E-state index contributed by atoms with van der Waals surface area (Å²) in [5.74, 6) is 0.692. The number of fused-ring (bicyclic) bond motifs is 4. The largest absolute Gasteiger partial charge is 0.245 e. The SMILES string of the molecule is c1ccc(-c2ccc(-c3cc(-c4cccc(-c5ccc(-c6ccc7ccc8ccc(-c9ccccc9)nc8c7n6)c6ccccc56)c4)nc(-c4ccccc4)n3)cc2)cc1. The van der Waals surface area contributed by atoms with Gasteiger partial charge in [0.25, 0.3) is 0 Å². The summed E-state index contributed by atoms with van der Waals surface area (Å²) in [6.45, 7) is 0. The number of nitrogens with zero attached hydrogens (tertiary/aromatic N) is 4. The molecular weight excluding hydrogens is 729 g/mol. The Morgan fingerprint density at radius 3 is 1.37 bits per heavy atom. The predicted molar refractivity (Wildman–Crippen MR) is 248 cm³/mol. The van der Waals surface area contributed by atoms with Crippen LogP contribution in [0.25, 0.3) is 111 Å². The maximum atomic E-state index is 5.32. The minimum atomic E-state index is 0.692. The summed E-state index contributed by atoms with van der Waals surface area (Å²) in [6, 6.07) is 76.3. The van der Waals surface area contributed by atoms with Crippen LogP contribution < -0.4 is 0 Å². The van der Waals surface area contributed by atoms with Crippen LogP contribution in [0, 0.1) is 0 Å². The molecule has 0 radical (unpaired) electrons. The van der Waals surface area contributed by atoms with Crippen LogP contribution in [0.5, 0.6) is 0 Å². The van der Waals surface area contributed by atoms with Crippen LogP contribution in [0.15, 0.2) is 218 Å². The molecule has 280 valence electrons. The van der Waals surface area contributed by atoms with Crippen molar-refractivity contribution >= 4 is 32.6 Å². The van der Waals surface area contributed by atoms with Crippen molar-refractivity contribution in [1.29, 1.82) is 0 Å². The van der Waals surface area contributed by atoms with Gasteiger partial charge < -0.3 is 0 Å². The Morgan fingerprint density at radius 2 is 0.683 bits per heavy atom. The second-order valence-corrected chi connectivity index (χ2v) is 15.0. The number of hydrogen-bond acceptors (Lipinski definition) is 4. The van der Waals surface area contributed by atoms with Gasteiger partial charge in [-0.05, 0) is 57.3 Å². The first-order chi connectivity index (χ1) is 29.7. The van der Waals surface area contributed by atoms with E-state index in [1.54, 1.807) is 0 Å². The summed E-state index contributed by atoms with van der Waals surface area (Å²) in [4.78, 5) is 20.7. The fourth-order valence-electron chi connectivity index (χ4n) is 8.23. The van der Waals surface area contributed by atoms with Crippen LogP contribution in [-0.2, 0) is 0 Å². The molecule has 0 atom stereocenters. The lowest BCUT2D eigenvalue weighted by Crippen LogP contribution is -1.96. The molecule has 0 saturated heterocycles. The van der Waals surface area contributed by atoms with Crippen molar-refractivity contribution in [3.63, 3.8) is 0 Å². The van der Waals surface area contributed by atoms with Gasteiger partial charge in [0.15, 0.2) is 5.82 Å². The van der Waals surface area contributed by atoms with Crippen LogP contribution in [0.1, 0.15) is 0 Å². The summed E-state index contributed by atoms with van der Waals surface area (Å²) < 4.78 is 0. The van der Waals surface area contributed by atoms with Gasteiger partial charge in [0, 0.05) is 38.6 Å². The van der Waals surface area contributed by atoms with Crippen LogP contribution in [0.3, 0.4) is 0 Å². The smallest absolute Gasteiger partial charge is 0.160 e. The Balaban J connectivity index is 0.996. The van der Waals surface area contributed by atoms with Gasteiger partial charge >= 0.3 is 0 Å². The Bertz CT molecular complexity index is 3350. The zero-order valence-electron chi connectivity index (χ0n) is 32.6. The lowest BCUT2D eigenvalue weighted by Gasteiger charge is -2.14. The molecule has 0 unspecified atom stereocenters. The van der Waals surface area contributed by atoms with E-state index in [1.807, 2.05) is 42.5 Å². The highest BCUT2D eigenvalue weighted by molar-refractivity contribution is 6.07. The van der Waals surface area contributed by atoms with Crippen molar-refractivity contribution in [2.24, 2.45) is 0 Å². The molecule has 11 rings (SSSR count). The summed E-state index contributed by atoms with van der Waals surface area (Å²) in [7, 11) is 0. The maximum absolute atomic E-state index is 5.32. The zero-order chi connectivity index (χ0) is 39.8. The van der Waals surface area contributed by atoms with Gasteiger partial charge in [-0.15, -0.1) is 0 Å². The van der Waals surface area contributed by atoms with E-state index in [2.05, 4.69) is 176 Å². The Labute approximate surface area is 348 Å². The minimum absolute atomic E-state index is 0.692. The fraction of sp³-hybridized carbons (Fsp3) is 0. The topological polar surface area (TPSA) is 51.6 Å². The molecule has 0 saturated carbocycles.